The highest BCUT2D eigenvalue weighted by molar-refractivity contribution is 5.79. The maximum atomic E-state index is 12.8. The quantitative estimate of drug-likeness (QED) is 0.843. The summed E-state index contributed by atoms with van der Waals surface area (Å²) in [4.78, 5) is 28.1. The Morgan fingerprint density at radius 1 is 1.17 bits per heavy atom. The molecule has 7 nitrogen and oxygen atoms in total. The third-order valence-corrected chi connectivity index (χ3v) is 5.77. The number of amides is 3. The van der Waals surface area contributed by atoms with E-state index in [2.05, 4.69) is 38.2 Å². The molecule has 3 aliphatic rings. The van der Waals surface area contributed by atoms with Gasteiger partial charge in [-0.25, -0.2) is 4.79 Å². The van der Waals surface area contributed by atoms with Crippen LogP contribution in [0.2, 0.25) is 0 Å². The van der Waals surface area contributed by atoms with Crippen LogP contribution < -0.4 is 10.1 Å². The van der Waals surface area contributed by atoms with Crippen molar-refractivity contribution in [3.8, 4) is 5.75 Å². The van der Waals surface area contributed by atoms with Crippen LogP contribution in [0.1, 0.15) is 38.7 Å². The predicted octanol–water partition coefficient (Wildman–Crippen LogP) is 2.22. The molecule has 0 radical (unpaired) electrons. The van der Waals surface area contributed by atoms with Crippen LogP contribution in [0.4, 0.5) is 4.79 Å². The molecule has 158 valence electrons. The Morgan fingerprint density at radius 3 is 2.59 bits per heavy atom. The second-order valence-corrected chi connectivity index (χ2v) is 9.56. The van der Waals surface area contributed by atoms with E-state index < -0.39 is 0 Å². The van der Waals surface area contributed by atoms with Crippen molar-refractivity contribution < 1.29 is 19.1 Å². The molecular weight excluding hydrogens is 370 g/mol. The molecule has 3 aliphatic heterocycles. The van der Waals surface area contributed by atoms with Gasteiger partial charge in [0.05, 0.1) is 18.8 Å². The van der Waals surface area contributed by atoms with Gasteiger partial charge in [-0.2, -0.15) is 0 Å². The topological polar surface area (TPSA) is 71.1 Å². The summed E-state index contributed by atoms with van der Waals surface area (Å²) in [6.45, 7) is 9.93. The molecule has 3 heterocycles. The van der Waals surface area contributed by atoms with Crippen molar-refractivity contribution in [1.29, 1.82) is 0 Å². The second kappa shape index (κ2) is 7.86. The number of carbonyl (C=O) groups is 2. The molecule has 3 fully saturated rings. The number of benzene rings is 1. The van der Waals surface area contributed by atoms with Crippen LogP contribution in [0, 0.1) is 5.41 Å². The maximum Gasteiger partial charge on any atom is 0.320 e. The van der Waals surface area contributed by atoms with E-state index in [0.717, 1.165) is 25.3 Å². The number of fused-ring (bicyclic) bond motifs is 1. The molecular formula is C22H31N3O4. The normalized spacial score (nSPS) is 25.1. The van der Waals surface area contributed by atoms with Crippen molar-refractivity contribution in [2.24, 2.45) is 5.41 Å². The second-order valence-electron chi connectivity index (χ2n) is 9.56. The van der Waals surface area contributed by atoms with Gasteiger partial charge in [-0.05, 0) is 29.5 Å². The molecule has 1 aromatic carbocycles. The number of nitrogens with zero attached hydrogens (tertiary/aromatic N) is 2. The SMILES string of the molecule is CC(C)(C)COc1ccc(C2CN(C(=O)N3CC[C@@H]4OCC(=O)N[C@@H]4C3)C2)cc1. The molecule has 1 N–H and O–H groups in total. The van der Waals surface area contributed by atoms with Gasteiger partial charge in [0.15, 0.2) is 0 Å². The highest BCUT2D eigenvalue weighted by Gasteiger charge is 2.40. The molecule has 1 aromatic rings. The lowest BCUT2D eigenvalue weighted by atomic mass is 9.91. The Bertz CT molecular complexity index is 752. The molecule has 2 atom stereocenters. The summed E-state index contributed by atoms with van der Waals surface area (Å²) in [6.07, 6.45) is 0.796. The van der Waals surface area contributed by atoms with Crippen molar-refractivity contribution in [1.82, 2.24) is 15.1 Å². The molecule has 3 saturated heterocycles. The average molecular weight is 402 g/mol. The number of carbonyl (C=O) groups excluding carboxylic acids is 2. The molecule has 4 rings (SSSR count). The molecule has 0 saturated carbocycles. The van der Waals surface area contributed by atoms with E-state index in [1.165, 1.54) is 5.56 Å². The number of morpholine rings is 1. The van der Waals surface area contributed by atoms with Gasteiger partial charge >= 0.3 is 6.03 Å². The van der Waals surface area contributed by atoms with Crippen molar-refractivity contribution in [3.63, 3.8) is 0 Å². The Labute approximate surface area is 172 Å². The third kappa shape index (κ3) is 4.66. The summed E-state index contributed by atoms with van der Waals surface area (Å²) < 4.78 is 11.4. The van der Waals surface area contributed by atoms with Crippen molar-refractivity contribution in [3.05, 3.63) is 29.8 Å². The van der Waals surface area contributed by atoms with E-state index in [1.54, 1.807) is 0 Å². The Kier molecular flexibility index (Phi) is 5.42. The van der Waals surface area contributed by atoms with Crippen LogP contribution in [-0.2, 0) is 9.53 Å². The third-order valence-electron chi connectivity index (χ3n) is 5.77. The highest BCUT2D eigenvalue weighted by Crippen LogP contribution is 2.30. The fourth-order valence-electron chi connectivity index (χ4n) is 4.06. The van der Waals surface area contributed by atoms with Crippen LogP contribution in [0.15, 0.2) is 24.3 Å². The average Bonchev–Trinajstić information content (AvgIpc) is 2.65. The molecule has 29 heavy (non-hydrogen) atoms. The van der Waals surface area contributed by atoms with Crippen molar-refractivity contribution in [2.75, 3.05) is 39.4 Å². The van der Waals surface area contributed by atoms with E-state index in [4.69, 9.17) is 9.47 Å². The number of likely N-dealkylation sites (tertiary alicyclic amines) is 2. The molecule has 0 unspecified atom stereocenters. The zero-order valence-electron chi connectivity index (χ0n) is 17.5. The Morgan fingerprint density at radius 2 is 1.90 bits per heavy atom. The lowest BCUT2D eigenvalue weighted by Gasteiger charge is -2.46. The first-order valence-electron chi connectivity index (χ1n) is 10.5. The number of nitrogens with one attached hydrogen (secondary N) is 1. The van der Waals surface area contributed by atoms with Gasteiger partial charge in [-0.15, -0.1) is 0 Å². The van der Waals surface area contributed by atoms with E-state index in [-0.39, 0.29) is 36.1 Å². The standard InChI is InChI=1S/C22H31N3O4/c1-22(2,3)14-29-17-6-4-15(5-7-17)16-10-25(11-16)21(27)24-9-8-19-18(12-24)23-20(26)13-28-19/h4-7,16,18-19H,8-14H2,1-3H3,(H,23,26)/t18-,19+/m1/s1. The minimum absolute atomic E-state index is 0.0277. The largest absolute Gasteiger partial charge is 0.493 e. The summed E-state index contributed by atoms with van der Waals surface area (Å²) in [5.74, 6) is 1.15. The number of rotatable bonds is 3. The van der Waals surface area contributed by atoms with Gasteiger partial charge in [0.1, 0.15) is 12.4 Å². The number of piperidine rings is 1. The zero-order valence-corrected chi connectivity index (χ0v) is 17.5. The molecule has 3 amide bonds. The van der Waals surface area contributed by atoms with E-state index in [9.17, 15) is 9.59 Å². The van der Waals surface area contributed by atoms with Gasteiger partial charge in [0.2, 0.25) is 5.91 Å². The monoisotopic (exact) mass is 401 g/mol. The molecule has 0 aromatic heterocycles. The van der Waals surface area contributed by atoms with E-state index in [0.29, 0.717) is 25.6 Å². The predicted molar refractivity (Wildman–Crippen MR) is 109 cm³/mol. The van der Waals surface area contributed by atoms with Crippen LogP contribution in [0.25, 0.3) is 0 Å². The number of ether oxygens (including phenoxy) is 2. The molecule has 0 bridgehead atoms. The summed E-state index contributed by atoms with van der Waals surface area (Å²) >= 11 is 0. The molecule has 0 aliphatic carbocycles. The first-order valence-corrected chi connectivity index (χ1v) is 10.5. The van der Waals surface area contributed by atoms with Crippen molar-refractivity contribution >= 4 is 11.9 Å². The smallest absolute Gasteiger partial charge is 0.320 e. The number of hydrogen-bond acceptors (Lipinski definition) is 4. The van der Waals surface area contributed by atoms with E-state index in [1.807, 2.05) is 21.9 Å². The van der Waals surface area contributed by atoms with E-state index >= 15 is 0 Å². The van der Waals surface area contributed by atoms with Crippen LogP contribution in [0.3, 0.4) is 0 Å². The Hall–Kier alpha value is -2.28. The van der Waals surface area contributed by atoms with Crippen molar-refractivity contribution in [2.45, 2.75) is 45.3 Å². The van der Waals surface area contributed by atoms with Gasteiger partial charge in [0, 0.05) is 32.1 Å². The fraction of sp³-hybridized carbons (Fsp3) is 0.636. The zero-order chi connectivity index (χ0) is 20.6. The van der Waals surface area contributed by atoms with Crippen LogP contribution >= 0.6 is 0 Å². The first-order chi connectivity index (χ1) is 13.8. The van der Waals surface area contributed by atoms with Gasteiger partial charge in [-0.3, -0.25) is 4.79 Å². The number of hydrogen-bond donors (Lipinski definition) is 1. The van der Waals surface area contributed by atoms with Gasteiger partial charge in [0.25, 0.3) is 0 Å². The van der Waals surface area contributed by atoms with Crippen LogP contribution in [-0.4, -0.2) is 73.3 Å². The molecule has 0 spiro atoms. The summed E-state index contributed by atoms with van der Waals surface area (Å²) in [5, 5.41) is 2.95. The number of urea groups is 1. The van der Waals surface area contributed by atoms with Gasteiger partial charge < -0.3 is 24.6 Å². The lowest BCUT2D eigenvalue weighted by Crippen LogP contribution is -2.63. The minimum Gasteiger partial charge on any atom is -0.493 e. The maximum absolute atomic E-state index is 12.8. The Balaban J connectivity index is 1.26. The minimum atomic E-state index is -0.0977. The summed E-state index contributed by atoms with van der Waals surface area (Å²) in [5.41, 5.74) is 1.37. The first kappa shape index (κ1) is 20.0. The summed E-state index contributed by atoms with van der Waals surface area (Å²) in [6, 6.07) is 8.20. The van der Waals surface area contributed by atoms with Crippen LogP contribution in [0.5, 0.6) is 5.75 Å². The highest BCUT2D eigenvalue weighted by atomic mass is 16.5. The van der Waals surface area contributed by atoms with Gasteiger partial charge in [-0.1, -0.05) is 32.9 Å². The fourth-order valence-corrected chi connectivity index (χ4v) is 4.06. The lowest BCUT2D eigenvalue weighted by molar-refractivity contribution is -0.139. The molecule has 7 heteroatoms. The summed E-state index contributed by atoms with van der Waals surface area (Å²) in [7, 11) is 0.